The molecule has 7 heteroatoms. The van der Waals surface area contributed by atoms with Gasteiger partial charge in [-0.2, -0.15) is 0 Å². The first-order valence-electron chi connectivity index (χ1n) is 10.2. The van der Waals surface area contributed by atoms with Gasteiger partial charge in [-0.15, -0.1) is 0 Å². The number of hydrogen-bond donors (Lipinski definition) is 3. The van der Waals surface area contributed by atoms with Crippen LogP contribution in [0.2, 0.25) is 0 Å². The Kier molecular flexibility index (Phi) is 5.74. The Morgan fingerprint density at radius 3 is 2.23 bits per heavy atom. The Balaban J connectivity index is 1.23. The van der Waals surface area contributed by atoms with Crippen LogP contribution in [0.3, 0.4) is 0 Å². The SMILES string of the molecule is Cc1ccccc1N1CC(CNC(=O)[C@H](O)[C@@H](O)C(=O)N2Cc3ccccc3C2)C1. The first-order chi connectivity index (χ1) is 14.4. The smallest absolute Gasteiger partial charge is 0.255 e. The van der Waals surface area contributed by atoms with Crippen molar-refractivity contribution >= 4 is 17.5 Å². The van der Waals surface area contributed by atoms with Gasteiger partial charge >= 0.3 is 0 Å². The number of fused-ring (bicyclic) bond motifs is 1. The van der Waals surface area contributed by atoms with Gasteiger partial charge in [-0.05, 0) is 29.7 Å². The largest absolute Gasteiger partial charge is 0.380 e. The fourth-order valence-electron chi connectivity index (χ4n) is 4.12. The van der Waals surface area contributed by atoms with Crippen LogP contribution in [0.4, 0.5) is 5.69 Å². The third-order valence-corrected chi connectivity index (χ3v) is 5.95. The molecule has 3 N–H and O–H groups in total. The van der Waals surface area contributed by atoms with Crippen LogP contribution in [-0.4, -0.2) is 58.8 Å². The van der Waals surface area contributed by atoms with Crippen LogP contribution in [0.15, 0.2) is 48.5 Å². The van der Waals surface area contributed by atoms with Gasteiger partial charge in [0.25, 0.3) is 11.8 Å². The summed E-state index contributed by atoms with van der Waals surface area (Å²) in [7, 11) is 0. The molecule has 2 atom stereocenters. The van der Waals surface area contributed by atoms with E-state index in [1.807, 2.05) is 36.4 Å². The number of para-hydroxylation sites is 1. The summed E-state index contributed by atoms with van der Waals surface area (Å²) < 4.78 is 0. The quantitative estimate of drug-likeness (QED) is 0.657. The van der Waals surface area contributed by atoms with Gasteiger partial charge in [-0.3, -0.25) is 9.59 Å². The van der Waals surface area contributed by atoms with Crippen LogP contribution in [0.1, 0.15) is 16.7 Å². The van der Waals surface area contributed by atoms with Crippen molar-refractivity contribution in [3.05, 3.63) is 65.2 Å². The molecule has 30 heavy (non-hydrogen) atoms. The summed E-state index contributed by atoms with van der Waals surface area (Å²) in [5, 5.41) is 23.1. The number of aliphatic hydroxyl groups is 2. The van der Waals surface area contributed by atoms with Crippen molar-refractivity contribution in [1.29, 1.82) is 0 Å². The number of carbonyl (C=O) groups is 2. The molecule has 0 spiro atoms. The van der Waals surface area contributed by atoms with Gasteiger partial charge in [0.15, 0.2) is 12.2 Å². The number of rotatable bonds is 6. The standard InChI is InChI=1S/C23H27N3O4/c1-15-6-2-5-9-19(15)25-11-16(12-25)10-24-22(29)20(27)21(28)23(30)26-13-17-7-3-4-8-18(17)14-26/h2-9,16,20-21,27-28H,10-14H2,1H3,(H,24,29)/t20-,21-/m1/s1. The lowest BCUT2D eigenvalue weighted by Gasteiger charge is -2.42. The van der Waals surface area contributed by atoms with Crippen molar-refractivity contribution in [2.75, 3.05) is 24.5 Å². The van der Waals surface area contributed by atoms with Crippen LogP contribution in [0.5, 0.6) is 0 Å². The maximum atomic E-state index is 12.5. The molecule has 2 amide bonds. The Bertz CT molecular complexity index is 917. The number of benzene rings is 2. The van der Waals surface area contributed by atoms with Crippen LogP contribution >= 0.6 is 0 Å². The molecule has 1 saturated heterocycles. The maximum Gasteiger partial charge on any atom is 0.255 e. The predicted molar refractivity (Wildman–Crippen MR) is 113 cm³/mol. The first kappa shape index (κ1) is 20.4. The number of aliphatic hydroxyl groups excluding tert-OH is 2. The van der Waals surface area contributed by atoms with Crippen molar-refractivity contribution in [2.24, 2.45) is 5.92 Å². The number of nitrogens with zero attached hydrogens (tertiary/aromatic N) is 2. The van der Waals surface area contributed by atoms with E-state index in [1.165, 1.54) is 16.2 Å². The van der Waals surface area contributed by atoms with Gasteiger partial charge in [0.1, 0.15) is 0 Å². The lowest BCUT2D eigenvalue weighted by atomic mass is 9.97. The second kappa shape index (κ2) is 8.45. The summed E-state index contributed by atoms with van der Waals surface area (Å²) >= 11 is 0. The van der Waals surface area contributed by atoms with Gasteiger partial charge in [-0.25, -0.2) is 0 Å². The average Bonchev–Trinajstić information content (AvgIpc) is 3.16. The van der Waals surface area contributed by atoms with E-state index in [4.69, 9.17) is 0 Å². The number of amides is 2. The fourth-order valence-corrected chi connectivity index (χ4v) is 4.12. The van der Waals surface area contributed by atoms with Gasteiger partial charge in [0.05, 0.1) is 0 Å². The van der Waals surface area contributed by atoms with E-state index in [1.54, 1.807) is 0 Å². The molecular weight excluding hydrogens is 382 g/mol. The van der Waals surface area contributed by atoms with Gasteiger partial charge in [0, 0.05) is 44.3 Å². The van der Waals surface area contributed by atoms with Crippen molar-refractivity contribution in [3.8, 4) is 0 Å². The average molecular weight is 409 g/mol. The van der Waals surface area contributed by atoms with E-state index in [0.29, 0.717) is 19.6 Å². The monoisotopic (exact) mass is 409 g/mol. The van der Waals surface area contributed by atoms with Gasteiger partial charge in [-0.1, -0.05) is 42.5 Å². The van der Waals surface area contributed by atoms with E-state index < -0.39 is 24.0 Å². The van der Waals surface area contributed by atoms with Crippen molar-refractivity contribution < 1.29 is 19.8 Å². The molecule has 2 aromatic carbocycles. The Morgan fingerprint density at radius 1 is 1.00 bits per heavy atom. The minimum atomic E-state index is -1.78. The van der Waals surface area contributed by atoms with E-state index in [9.17, 15) is 19.8 Å². The molecule has 2 aliphatic rings. The number of anilines is 1. The molecular formula is C23H27N3O4. The zero-order chi connectivity index (χ0) is 21.3. The molecule has 0 bridgehead atoms. The predicted octanol–water partition coefficient (Wildman–Crippen LogP) is 0.812. The summed E-state index contributed by atoms with van der Waals surface area (Å²) in [5.41, 5.74) is 4.43. The molecule has 0 aromatic heterocycles. The van der Waals surface area contributed by atoms with Crippen LogP contribution < -0.4 is 10.2 Å². The molecule has 2 aromatic rings. The second-order valence-electron chi connectivity index (χ2n) is 8.16. The molecule has 1 fully saturated rings. The van der Waals surface area contributed by atoms with E-state index in [2.05, 4.69) is 29.3 Å². The molecule has 4 rings (SSSR count). The highest BCUT2D eigenvalue weighted by molar-refractivity contribution is 5.91. The highest BCUT2D eigenvalue weighted by atomic mass is 16.3. The van der Waals surface area contributed by atoms with Crippen molar-refractivity contribution in [3.63, 3.8) is 0 Å². The second-order valence-corrected chi connectivity index (χ2v) is 8.16. The van der Waals surface area contributed by atoms with E-state index in [-0.39, 0.29) is 5.92 Å². The zero-order valence-corrected chi connectivity index (χ0v) is 17.0. The van der Waals surface area contributed by atoms with Crippen LogP contribution in [0.25, 0.3) is 0 Å². The lowest BCUT2D eigenvalue weighted by Crippen LogP contribution is -2.54. The number of carbonyl (C=O) groups excluding carboxylic acids is 2. The zero-order valence-electron chi connectivity index (χ0n) is 17.0. The molecule has 2 heterocycles. The maximum absolute atomic E-state index is 12.5. The first-order valence-corrected chi connectivity index (χ1v) is 10.2. The van der Waals surface area contributed by atoms with Crippen LogP contribution in [-0.2, 0) is 22.7 Å². The van der Waals surface area contributed by atoms with E-state index in [0.717, 1.165) is 24.2 Å². The molecule has 2 aliphatic heterocycles. The number of aryl methyl sites for hydroxylation is 1. The highest BCUT2D eigenvalue weighted by Gasteiger charge is 2.36. The fraction of sp³-hybridized carbons (Fsp3) is 0.391. The highest BCUT2D eigenvalue weighted by Crippen LogP contribution is 2.27. The van der Waals surface area contributed by atoms with Crippen molar-refractivity contribution in [2.45, 2.75) is 32.2 Å². The summed E-state index contributed by atoms with van der Waals surface area (Å²) in [4.78, 5) is 28.5. The summed E-state index contributed by atoms with van der Waals surface area (Å²) in [6.45, 7) is 4.84. The minimum absolute atomic E-state index is 0.265. The molecule has 0 radical (unpaired) electrons. The van der Waals surface area contributed by atoms with E-state index >= 15 is 0 Å². The molecule has 0 saturated carbocycles. The lowest BCUT2D eigenvalue weighted by molar-refractivity contribution is -0.153. The van der Waals surface area contributed by atoms with Crippen molar-refractivity contribution in [1.82, 2.24) is 10.2 Å². The third-order valence-electron chi connectivity index (χ3n) is 5.95. The summed E-state index contributed by atoms with van der Waals surface area (Å²) in [5.74, 6) is -1.09. The van der Waals surface area contributed by atoms with Crippen LogP contribution in [0, 0.1) is 12.8 Å². The number of nitrogens with one attached hydrogen (secondary N) is 1. The Labute approximate surface area is 175 Å². The third kappa shape index (κ3) is 4.04. The molecule has 7 nitrogen and oxygen atoms in total. The minimum Gasteiger partial charge on any atom is -0.380 e. The molecule has 0 aliphatic carbocycles. The molecule has 0 unspecified atom stereocenters. The number of hydrogen-bond acceptors (Lipinski definition) is 5. The van der Waals surface area contributed by atoms with Gasteiger partial charge in [0.2, 0.25) is 0 Å². The topological polar surface area (TPSA) is 93.1 Å². The summed E-state index contributed by atoms with van der Waals surface area (Å²) in [6.07, 6.45) is -3.56. The normalized spacial score (nSPS) is 17.8. The molecule has 158 valence electrons. The van der Waals surface area contributed by atoms with Gasteiger partial charge < -0.3 is 25.3 Å². The summed E-state index contributed by atoms with van der Waals surface area (Å²) in [6, 6.07) is 15.8. The Hall–Kier alpha value is -2.90. The Morgan fingerprint density at radius 2 is 1.60 bits per heavy atom.